The number of nitrogens with two attached hydrogens (primary N) is 4. The van der Waals surface area contributed by atoms with Crippen LogP contribution in [0, 0.1) is 23.3 Å². The molecule has 0 bridgehead atoms. The Labute approximate surface area is 514 Å². The van der Waals surface area contributed by atoms with E-state index in [-0.39, 0.29) is 71.6 Å². The van der Waals surface area contributed by atoms with Crippen molar-refractivity contribution in [2.45, 2.75) is 36.8 Å². The number of aliphatic imine (C=N–C) groups is 2. The van der Waals surface area contributed by atoms with Crippen LogP contribution in [0.2, 0.25) is 0 Å². The number of hydrazine groups is 2. The number of hydrogen-bond acceptors (Lipinski definition) is 20. The lowest BCUT2D eigenvalue weighted by molar-refractivity contribution is -0.115. The SMILES string of the molecule is C/C(=C\c1cc(F)c(Oc2ccc(SNCCOCCOCCOCCN3C=C(COCc4cn(CCOCCOCCOCCNS(=O)(=O)c5ccc(Oc6c(F)cc(/C=C(\C)C(=O)N=C(N)N)cc6F)cc5)nn4)NN3)cc2)c(F)c1)C(=O)N=C(N)N. The zero-order valence-electron chi connectivity index (χ0n) is 48.6. The lowest BCUT2D eigenvalue weighted by Crippen LogP contribution is -2.38. The van der Waals surface area contributed by atoms with E-state index >= 15 is 0 Å². The van der Waals surface area contributed by atoms with Crippen LogP contribution in [0.3, 0.4) is 0 Å². The maximum Gasteiger partial charge on any atom is 0.275 e. The number of amides is 2. The fourth-order valence-corrected chi connectivity index (χ4v) is 9.04. The van der Waals surface area contributed by atoms with Gasteiger partial charge in [-0.25, -0.2) is 35.4 Å². The molecular weight excluding hydrogens is 1220 g/mol. The van der Waals surface area contributed by atoms with E-state index in [1.165, 1.54) is 62.2 Å². The topological polar surface area (TPSA) is 362 Å². The minimum Gasteiger partial charge on any atom is -0.451 e. The van der Waals surface area contributed by atoms with Crippen molar-refractivity contribution in [2.24, 2.45) is 32.9 Å². The first-order chi connectivity index (χ1) is 42.8. The lowest BCUT2D eigenvalue weighted by Gasteiger charge is -2.14. The van der Waals surface area contributed by atoms with E-state index in [2.05, 4.69) is 40.7 Å². The number of halogens is 4. The summed E-state index contributed by atoms with van der Waals surface area (Å²) < 4.78 is 142. The van der Waals surface area contributed by atoms with Gasteiger partial charge in [-0.05, 0) is 122 Å². The van der Waals surface area contributed by atoms with Crippen molar-refractivity contribution in [1.82, 2.24) is 40.4 Å². The Morgan fingerprint density at radius 3 is 1.58 bits per heavy atom. The molecule has 1 aromatic heterocycles. The number of benzene rings is 4. The van der Waals surface area contributed by atoms with Gasteiger partial charge in [0, 0.05) is 35.3 Å². The number of aromatic nitrogens is 3. The standard InChI is InChI=1S/C56H70F4N14O13S2/c1-37(53(75)67-55(61)62)27-39-29-47(57)51(48(58)30-39)86-43-3-7-45(8-4-43)88-65-11-15-79-19-23-83-25-21-81-17-13-73-33-41(69-71-73)35-85-36-42-34-74(72-70-42)14-18-82-22-26-84-24-20-80-16-12-66-89(77,78)46-9-5-44(6-10-46)87-52-49(59)31-40(32-50(52)60)28-38(2)54(76)68-56(63)64/h3-10,27-34,65-66,69,71H,11-26,35-36H2,1-2H3,(H4,61,62,67,75)(H4,63,64,68,76)/b37-27+,38-28+. The van der Waals surface area contributed by atoms with Gasteiger partial charge >= 0.3 is 0 Å². The van der Waals surface area contributed by atoms with Gasteiger partial charge in [0.05, 0.1) is 122 Å². The Bertz CT molecular complexity index is 3330. The third-order valence-electron chi connectivity index (χ3n) is 11.6. The van der Waals surface area contributed by atoms with E-state index in [9.17, 15) is 35.6 Å². The lowest BCUT2D eigenvalue weighted by atomic mass is 10.1. The summed E-state index contributed by atoms with van der Waals surface area (Å²) in [4.78, 5) is 31.3. The van der Waals surface area contributed by atoms with Crippen molar-refractivity contribution in [3.63, 3.8) is 0 Å². The quantitative estimate of drug-likeness (QED) is 0.00689. The van der Waals surface area contributed by atoms with Gasteiger partial charge in [0.15, 0.2) is 46.7 Å². The number of sulfonamides is 1. The molecule has 0 unspecified atom stereocenters. The molecule has 0 radical (unpaired) electrons. The Morgan fingerprint density at radius 1 is 0.618 bits per heavy atom. The molecule has 0 saturated carbocycles. The van der Waals surface area contributed by atoms with Crippen molar-refractivity contribution in [3.8, 4) is 23.0 Å². The first-order valence-electron chi connectivity index (χ1n) is 27.3. The molecule has 12 N–H and O–H groups in total. The van der Waals surface area contributed by atoms with Crippen LogP contribution in [0.25, 0.3) is 12.2 Å². The fraction of sp³-hybridized carbons (Fsp3) is 0.357. The van der Waals surface area contributed by atoms with Crippen molar-refractivity contribution < 1.29 is 78.2 Å². The van der Waals surface area contributed by atoms with Crippen molar-refractivity contribution >= 4 is 57.9 Å². The summed E-state index contributed by atoms with van der Waals surface area (Å²) in [5.74, 6) is -7.55. The highest BCUT2D eigenvalue weighted by molar-refractivity contribution is 7.97. The molecule has 0 atom stereocenters. The predicted molar refractivity (Wildman–Crippen MR) is 319 cm³/mol. The van der Waals surface area contributed by atoms with Gasteiger partial charge in [0.25, 0.3) is 11.8 Å². The summed E-state index contributed by atoms with van der Waals surface area (Å²) in [5.41, 5.74) is 28.6. The molecule has 482 valence electrons. The fourth-order valence-electron chi connectivity index (χ4n) is 7.41. The average Bonchev–Trinajstić information content (AvgIpc) is 4.22. The van der Waals surface area contributed by atoms with E-state index in [1.54, 1.807) is 35.1 Å². The van der Waals surface area contributed by atoms with Crippen molar-refractivity contribution in [3.05, 3.63) is 142 Å². The Morgan fingerprint density at radius 2 is 1.08 bits per heavy atom. The number of nitrogens with zero attached hydrogens (tertiary/aromatic N) is 6. The zero-order chi connectivity index (χ0) is 64.0. The van der Waals surface area contributed by atoms with E-state index in [0.717, 1.165) is 34.9 Å². The van der Waals surface area contributed by atoms with E-state index in [4.69, 9.17) is 65.6 Å². The molecule has 1 aliphatic heterocycles. The third-order valence-corrected chi connectivity index (χ3v) is 13.9. The molecule has 2 amide bonds. The summed E-state index contributed by atoms with van der Waals surface area (Å²) in [6.07, 6.45) is 6.12. The largest absolute Gasteiger partial charge is 0.451 e. The van der Waals surface area contributed by atoms with Gasteiger partial charge < -0.3 is 71.0 Å². The van der Waals surface area contributed by atoms with Crippen LogP contribution in [-0.4, -0.2) is 158 Å². The molecule has 27 nitrogen and oxygen atoms in total. The number of nitrogens with one attached hydrogen (secondary N) is 4. The summed E-state index contributed by atoms with van der Waals surface area (Å²) in [5, 5.41) is 10.1. The number of guanidine groups is 2. The molecule has 33 heteroatoms. The molecular formula is C56H70F4N14O13S2. The summed E-state index contributed by atoms with van der Waals surface area (Å²) in [6.45, 7) is 9.01. The Hall–Kier alpha value is -8.06. The third kappa shape index (κ3) is 25.5. The molecule has 2 heterocycles. The molecule has 89 heavy (non-hydrogen) atoms. The van der Waals surface area contributed by atoms with Gasteiger partial charge in [-0.3, -0.25) is 19.3 Å². The normalized spacial score (nSPS) is 12.7. The first-order valence-corrected chi connectivity index (χ1v) is 29.6. The number of ether oxygens (including phenoxy) is 9. The van der Waals surface area contributed by atoms with Crippen LogP contribution in [0.4, 0.5) is 17.6 Å². The summed E-state index contributed by atoms with van der Waals surface area (Å²) in [6, 6.07) is 15.5. The second-order valence-corrected chi connectivity index (χ2v) is 21.5. The van der Waals surface area contributed by atoms with E-state index in [0.29, 0.717) is 91.4 Å². The van der Waals surface area contributed by atoms with Gasteiger partial charge in [-0.15, -0.1) is 10.6 Å². The minimum absolute atomic E-state index is 0.0186. The molecule has 0 fully saturated rings. The average molecular weight is 1290 g/mol. The molecule has 0 aliphatic carbocycles. The monoisotopic (exact) mass is 1290 g/mol. The second kappa shape index (κ2) is 37.1. The maximum atomic E-state index is 14.8. The second-order valence-electron chi connectivity index (χ2n) is 18.7. The smallest absolute Gasteiger partial charge is 0.275 e. The zero-order valence-corrected chi connectivity index (χ0v) is 50.2. The number of carbonyl (C=O) groups excluding carboxylic acids is 2. The highest BCUT2D eigenvalue weighted by Crippen LogP contribution is 2.32. The number of carbonyl (C=O) groups is 2. The van der Waals surface area contributed by atoms with Crippen LogP contribution in [0.15, 0.2) is 122 Å². The molecule has 0 spiro atoms. The highest BCUT2D eigenvalue weighted by atomic mass is 32.2. The van der Waals surface area contributed by atoms with Crippen molar-refractivity contribution in [2.75, 3.05) is 106 Å². The van der Waals surface area contributed by atoms with Gasteiger partial charge in [0.1, 0.15) is 17.2 Å². The molecule has 4 aromatic carbocycles. The molecule has 5 aromatic rings. The molecule has 0 saturated heterocycles. The van der Waals surface area contributed by atoms with E-state index < -0.39 is 68.5 Å². The molecule has 1 aliphatic rings. The minimum atomic E-state index is -3.94. The van der Waals surface area contributed by atoms with Gasteiger partial charge in [-0.1, -0.05) is 5.21 Å². The number of rotatable bonds is 40. The van der Waals surface area contributed by atoms with Crippen LogP contribution < -0.4 is 52.8 Å². The van der Waals surface area contributed by atoms with Crippen LogP contribution in [0.5, 0.6) is 23.0 Å². The van der Waals surface area contributed by atoms with Crippen molar-refractivity contribution in [1.29, 1.82) is 0 Å². The van der Waals surface area contributed by atoms with Gasteiger partial charge in [-0.2, -0.15) is 9.98 Å². The Kier molecular flexibility index (Phi) is 29.2. The summed E-state index contributed by atoms with van der Waals surface area (Å²) >= 11 is 1.36. The van der Waals surface area contributed by atoms with Gasteiger partial charge in [0.2, 0.25) is 10.0 Å². The van der Waals surface area contributed by atoms with Crippen LogP contribution in [-0.2, 0) is 65.9 Å². The number of hydrogen-bond donors (Lipinski definition) is 8. The Balaban J connectivity index is 0.700. The van der Waals surface area contributed by atoms with E-state index in [1.807, 2.05) is 11.2 Å². The summed E-state index contributed by atoms with van der Waals surface area (Å²) in [7, 11) is -3.94. The molecule has 6 rings (SSSR count). The maximum absolute atomic E-state index is 14.8. The first kappa shape index (κ1) is 70.0. The van der Waals surface area contributed by atoms with Crippen LogP contribution >= 0.6 is 11.9 Å². The highest BCUT2D eigenvalue weighted by Gasteiger charge is 2.19. The van der Waals surface area contributed by atoms with Crippen LogP contribution in [0.1, 0.15) is 30.7 Å². The predicted octanol–water partition coefficient (Wildman–Crippen LogP) is 3.88.